The molecule has 0 spiro atoms. The highest BCUT2D eigenvalue weighted by atomic mass is 19.1. The zero-order valence-corrected chi connectivity index (χ0v) is 17.1. The first-order chi connectivity index (χ1) is 15.6. The molecule has 0 bridgehead atoms. The van der Waals surface area contributed by atoms with Gasteiger partial charge in [0.15, 0.2) is 11.5 Å². The van der Waals surface area contributed by atoms with E-state index in [-0.39, 0.29) is 5.75 Å². The topological polar surface area (TPSA) is 108 Å². The lowest BCUT2D eigenvalue weighted by Crippen LogP contribution is -2.35. The van der Waals surface area contributed by atoms with Crippen molar-refractivity contribution < 1.29 is 18.7 Å². The molecular weight excluding hydrogens is 415 g/mol. The normalized spacial score (nSPS) is 14.5. The van der Waals surface area contributed by atoms with Gasteiger partial charge in [0.2, 0.25) is 0 Å². The van der Waals surface area contributed by atoms with Gasteiger partial charge in [0, 0.05) is 25.8 Å². The molecule has 0 unspecified atom stereocenters. The number of hydrogen-bond acceptors (Lipinski definition) is 6. The molecule has 1 aliphatic heterocycles. The number of nitrogens with one attached hydrogen (secondary N) is 3. The first-order valence-electron chi connectivity index (χ1n) is 10.2. The maximum Gasteiger partial charge on any atom is 0.417 e. The summed E-state index contributed by atoms with van der Waals surface area (Å²) < 4.78 is 23.6. The average molecular weight is 436 g/mol. The fourth-order valence-corrected chi connectivity index (χ4v) is 3.59. The molecule has 1 fully saturated rings. The van der Waals surface area contributed by atoms with Gasteiger partial charge in [-0.05, 0) is 42.0 Å². The Morgan fingerprint density at radius 2 is 2.00 bits per heavy atom. The summed E-state index contributed by atoms with van der Waals surface area (Å²) in [6.07, 6.45) is 0.821. The van der Waals surface area contributed by atoms with Crippen LogP contribution in [-0.4, -0.2) is 57.5 Å². The van der Waals surface area contributed by atoms with Gasteiger partial charge in [-0.2, -0.15) is 5.10 Å². The van der Waals surface area contributed by atoms with Gasteiger partial charge >= 0.3 is 6.09 Å². The summed E-state index contributed by atoms with van der Waals surface area (Å²) in [5, 5.41) is 9.58. The van der Waals surface area contributed by atoms with E-state index in [0.717, 1.165) is 43.9 Å². The van der Waals surface area contributed by atoms with Gasteiger partial charge in [-0.15, -0.1) is 0 Å². The summed E-state index contributed by atoms with van der Waals surface area (Å²) in [5.41, 5.74) is 3.71. The lowest BCUT2D eigenvalue weighted by molar-refractivity contribution is 0.0342. The van der Waals surface area contributed by atoms with E-state index in [2.05, 4.69) is 36.4 Å². The number of hydrogen-bond donors (Lipinski definition) is 3. The van der Waals surface area contributed by atoms with E-state index in [1.54, 1.807) is 0 Å². The lowest BCUT2D eigenvalue weighted by atomic mass is 10.2. The van der Waals surface area contributed by atoms with Gasteiger partial charge in [0.25, 0.3) is 0 Å². The van der Waals surface area contributed by atoms with Crippen LogP contribution < -0.4 is 10.1 Å². The van der Waals surface area contributed by atoms with Crippen molar-refractivity contribution in [1.82, 2.24) is 25.1 Å². The Kier molecular flexibility index (Phi) is 5.53. The number of H-pyrrole nitrogens is 2. The van der Waals surface area contributed by atoms with Crippen molar-refractivity contribution in [3.63, 3.8) is 0 Å². The number of carbonyl (C=O) groups excluding carboxylic acids is 1. The molecule has 1 aliphatic rings. The molecule has 2 aromatic carbocycles. The largest absolute Gasteiger partial charge is 0.417 e. The molecule has 5 rings (SSSR count). The molecule has 9 nitrogen and oxygen atoms in total. The van der Waals surface area contributed by atoms with Crippen LogP contribution in [0.1, 0.15) is 5.56 Å². The molecular formula is C22H21FN6O3. The Labute approximate surface area is 182 Å². The van der Waals surface area contributed by atoms with Gasteiger partial charge in [-0.25, -0.2) is 14.2 Å². The number of morpholine rings is 1. The number of amides is 1. The summed E-state index contributed by atoms with van der Waals surface area (Å²) in [6, 6.07) is 11.3. The molecule has 0 saturated carbocycles. The fourth-order valence-electron chi connectivity index (χ4n) is 3.59. The standard InChI is InChI=1S/C22H21FN6O3/c23-15-2-4-16(5-3-15)32-22(30)27-19-12-24-28-20(19)21-25-17-6-1-14(11-18(17)26-21)13-29-7-9-31-10-8-29/h1-6,11-12H,7-10,13H2,(H,24,28)(H,25,26)(H,27,30). The highest BCUT2D eigenvalue weighted by Crippen LogP contribution is 2.26. The van der Waals surface area contributed by atoms with E-state index >= 15 is 0 Å². The molecule has 0 radical (unpaired) electrons. The number of nitrogens with zero attached hydrogens (tertiary/aromatic N) is 3. The van der Waals surface area contributed by atoms with Crippen LogP contribution in [0.5, 0.6) is 5.75 Å². The Morgan fingerprint density at radius 3 is 2.81 bits per heavy atom. The predicted molar refractivity (Wildman–Crippen MR) is 116 cm³/mol. The van der Waals surface area contributed by atoms with Crippen molar-refractivity contribution in [2.75, 3.05) is 31.6 Å². The van der Waals surface area contributed by atoms with Crippen LogP contribution in [0.4, 0.5) is 14.9 Å². The molecule has 32 heavy (non-hydrogen) atoms. The maximum absolute atomic E-state index is 13.0. The van der Waals surface area contributed by atoms with Crippen molar-refractivity contribution in [3.05, 3.63) is 60.0 Å². The summed E-state index contributed by atoms with van der Waals surface area (Å²) in [5.74, 6) is 0.334. The number of carbonyl (C=O) groups is 1. The molecule has 1 saturated heterocycles. The van der Waals surface area contributed by atoms with E-state index < -0.39 is 11.9 Å². The highest BCUT2D eigenvalue weighted by molar-refractivity contribution is 5.91. The van der Waals surface area contributed by atoms with Crippen molar-refractivity contribution in [1.29, 1.82) is 0 Å². The number of aromatic amines is 2. The van der Waals surface area contributed by atoms with Crippen LogP contribution in [-0.2, 0) is 11.3 Å². The summed E-state index contributed by atoms with van der Waals surface area (Å²) in [7, 11) is 0. The zero-order chi connectivity index (χ0) is 21.9. The monoisotopic (exact) mass is 436 g/mol. The van der Waals surface area contributed by atoms with Crippen molar-refractivity contribution >= 4 is 22.8 Å². The quantitative estimate of drug-likeness (QED) is 0.442. The molecule has 0 atom stereocenters. The second-order valence-corrected chi connectivity index (χ2v) is 7.44. The number of ether oxygens (including phenoxy) is 2. The van der Waals surface area contributed by atoms with E-state index in [1.807, 2.05) is 12.1 Å². The van der Waals surface area contributed by atoms with E-state index in [0.29, 0.717) is 17.2 Å². The number of halogens is 1. The number of anilines is 1. The third kappa shape index (κ3) is 4.46. The maximum atomic E-state index is 13.0. The van der Waals surface area contributed by atoms with E-state index in [1.165, 1.54) is 36.0 Å². The van der Waals surface area contributed by atoms with Crippen molar-refractivity contribution in [3.8, 4) is 17.3 Å². The summed E-state index contributed by atoms with van der Waals surface area (Å²) in [6.45, 7) is 4.19. The SMILES string of the molecule is O=C(Nc1c[nH]nc1-c1nc2cc(CN3CCOCC3)ccc2[nH]1)Oc1ccc(F)cc1. The van der Waals surface area contributed by atoms with Crippen molar-refractivity contribution in [2.24, 2.45) is 0 Å². The first kappa shape index (κ1) is 20.2. The molecule has 10 heteroatoms. The number of benzene rings is 2. The Bertz CT molecular complexity index is 1230. The third-order valence-electron chi connectivity index (χ3n) is 5.18. The predicted octanol–water partition coefficient (Wildman–Crippen LogP) is 3.54. The van der Waals surface area contributed by atoms with Gasteiger partial charge in [-0.3, -0.25) is 15.3 Å². The van der Waals surface area contributed by atoms with Crippen LogP contribution in [0, 0.1) is 5.82 Å². The molecule has 2 aromatic heterocycles. The van der Waals surface area contributed by atoms with E-state index in [4.69, 9.17) is 9.47 Å². The Hall–Kier alpha value is -3.76. The molecule has 1 amide bonds. The van der Waals surface area contributed by atoms with Crippen molar-refractivity contribution in [2.45, 2.75) is 6.54 Å². The molecule has 3 heterocycles. The Morgan fingerprint density at radius 1 is 1.19 bits per heavy atom. The smallest absolute Gasteiger partial charge is 0.410 e. The summed E-state index contributed by atoms with van der Waals surface area (Å²) >= 11 is 0. The van der Waals surface area contributed by atoms with Crippen LogP contribution in [0.25, 0.3) is 22.6 Å². The summed E-state index contributed by atoms with van der Waals surface area (Å²) in [4.78, 5) is 22.5. The number of imidazole rings is 1. The average Bonchev–Trinajstić information content (AvgIpc) is 3.42. The van der Waals surface area contributed by atoms with Crippen LogP contribution >= 0.6 is 0 Å². The van der Waals surface area contributed by atoms with Gasteiger partial charge in [-0.1, -0.05) is 6.07 Å². The molecule has 4 aromatic rings. The molecule has 0 aliphatic carbocycles. The lowest BCUT2D eigenvalue weighted by Gasteiger charge is -2.26. The third-order valence-corrected chi connectivity index (χ3v) is 5.18. The van der Waals surface area contributed by atoms with Gasteiger partial charge in [0.05, 0.1) is 29.9 Å². The minimum absolute atomic E-state index is 0.227. The second-order valence-electron chi connectivity index (χ2n) is 7.44. The minimum atomic E-state index is -0.719. The highest BCUT2D eigenvalue weighted by Gasteiger charge is 2.17. The van der Waals surface area contributed by atoms with E-state index in [9.17, 15) is 9.18 Å². The van der Waals surface area contributed by atoms with Gasteiger partial charge in [0.1, 0.15) is 11.6 Å². The first-order valence-corrected chi connectivity index (χ1v) is 10.2. The van der Waals surface area contributed by atoms with Gasteiger partial charge < -0.3 is 14.5 Å². The molecule has 3 N–H and O–H groups in total. The molecule has 164 valence electrons. The zero-order valence-electron chi connectivity index (χ0n) is 17.1. The Balaban J connectivity index is 1.31. The second kappa shape index (κ2) is 8.77. The fraction of sp³-hybridized carbons (Fsp3) is 0.227. The minimum Gasteiger partial charge on any atom is -0.410 e. The number of aromatic nitrogens is 4. The number of rotatable bonds is 5. The van der Waals surface area contributed by atoms with Crippen LogP contribution in [0.3, 0.4) is 0 Å². The van der Waals surface area contributed by atoms with Crippen LogP contribution in [0.2, 0.25) is 0 Å². The van der Waals surface area contributed by atoms with Crippen LogP contribution in [0.15, 0.2) is 48.7 Å². The number of fused-ring (bicyclic) bond motifs is 1.